The Hall–Kier alpha value is -4.22. The van der Waals surface area contributed by atoms with E-state index in [1.807, 2.05) is 6.92 Å². The molecule has 3 heterocycles. The molecule has 12 heteroatoms. The summed E-state index contributed by atoms with van der Waals surface area (Å²) < 4.78 is 47.6. The second-order valence-electron chi connectivity index (χ2n) is 6.68. The predicted molar refractivity (Wildman–Crippen MR) is 103 cm³/mol. The summed E-state index contributed by atoms with van der Waals surface area (Å²) in [5.74, 6) is -1.15. The molecule has 0 aliphatic carbocycles. The highest BCUT2D eigenvalue weighted by molar-refractivity contribution is 5.85. The van der Waals surface area contributed by atoms with Crippen LogP contribution in [0.25, 0.3) is 23.0 Å². The fourth-order valence-electron chi connectivity index (χ4n) is 2.84. The second kappa shape index (κ2) is 8.13. The molecule has 32 heavy (non-hydrogen) atoms. The van der Waals surface area contributed by atoms with Crippen LogP contribution in [0.2, 0.25) is 0 Å². The number of carboxylic acid groups (broad SMARTS) is 1. The number of hydrogen-bond acceptors (Lipinski definition) is 7. The van der Waals surface area contributed by atoms with E-state index in [0.717, 1.165) is 23.4 Å². The van der Waals surface area contributed by atoms with Gasteiger partial charge in [-0.1, -0.05) is 11.2 Å². The lowest BCUT2D eigenvalue weighted by Gasteiger charge is -2.08. The van der Waals surface area contributed by atoms with Gasteiger partial charge in [-0.2, -0.15) is 10.1 Å². The van der Waals surface area contributed by atoms with Crippen molar-refractivity contribution in [1.29, 1.82) is 0 Å². The Morgan fingerprint density at radius 1 is 1.19 bits per heavy atom. The van der Waals surface area contributed by atoms with E-state index in [0.29, 0.717) is 17.8 Å². The molecule has 0 amide bonds. The van der Waals surface area contributed by atoms with E-state index in [4.69, 9.17) is 9.63 Å². The molecule has 0 atom stereocenters. The third kappa shape index (κ3) is 4.74. The van der Waals surface area contributed by atoms with Crippen LogP contribution in [0.1, 0.15) is 21.7 Å². The minimum absolute atomic E-state index is 0.0528. The summed E-state index contributed by atoms with van der Waals surface area (Å²) >= 11 is 0. The summed E-state index contributed by atoms with van der Waals surface area (Å²) in [6.45, 7) is 2.17. The van der Waals surface area contributed by atoms with Crippen LogP contribution < -0.4 is 4.74 Å². The van der Waals surface area contributed by atoms with Gasteiger partial charge in [0, 0.05) is 17.5 Å². The molecule has 0 saturated carbocycles. The van der Waals surface area contributed by atoms with E-state index in [9.17, 15) is 18.0 Å². The zero-order valence-electron chi connectivity index (χ0n) is 16.4. The molecule has 0 saturated heterocycles. The largest absolute Gasteiger partial charge is 0.573 e. The Kier molecular flexibility index (Phi) is 5.34. The van der Waals surface area contributed by atoms with Gasteiger partial charge < -0.3 is 14.4 Å². The maximum absolute atomic E-state index is 12.3. The van der Waals surface area contributed by atoms with E-state index in [1.54, 1.807) is 16.8 Å². The summed E-state index contributed by atoms with van der Waals surface area (Å²) in [5, 5.41) is 17.2. The van der Waals surface area contributed by atoms with Crippen molar-refractivity contribution in [1.82, 2.24) is 24.9 Å². The Labute approximate surface area is 178 Å². The molecule has 0 spiro atoms. The molecule has 0 fully saturated rings. The van der Waals surface area contributed by atoms with E-state index >= 15 is 0 Å². The van der Waals surface area contributed by atoms with Gasteiger partial charge in [0.25, 0.3) is 5.89 Å². The molecule has 0 bridgehead atoms. The monoisotopic (exact) mass is 445 g/mol. The Morgan fingerprint density at radius 2 is 1.94 bits per heavy atom. The van der Waals surface area contributed by atoms with Crippen molar-refractivity contribution in [2.24, 2.45) is 0 Å². The van der Waals surface area contributed by atoms with Crippen LogP contribution in [-0.2, 0) is 6.54 Å². The van der Waals surface area contributed by atoms with Crippen molar-refractivity contribution >= 4 is 5.97 Å². The van der Waals surface area contributed by atoms with Gasteiger partial charge in [0.2, 0.25) is 5.82 Å². The maximum atomic E-state index is 12.3. The molecule has 164 valence electrons. The van der Waals surface area contributed by atoms with E-state index < -0.39 is 12.3 Å². The lowest BCUT2D eigenvalue weighted by atomic mass is 10.2. The molecule has 4 rings (SSSR count). The number of benzene rings is 1. The summed E-state index contributed by atoms with van der Waals surface area (Å²) in [6.07, 6.45) is -3.31. The minimum Gasteiger partial charge on any atom is -0.477 e. The highest BCUT2D eigenvalue weighted by Gasteiger charge is 2.31. The van der Waals surface area contributed by atoms with Gasteiger partial charge in [0.05, 0.1) is 6.54 Å². The topological polar surface area (TPSA) is 116 Å². The highest BCUT2D eigenvalue weighted by Crippen LogP contribution is 2.27. The van der Waals surface area contributed by atoms with Crippen molar-refractivity contribution < 1.29 is 32.3 Å². The lowest BCUT2D eigenvalue weighted by Crippen LogP contribution is -2.16. The molecule has 4 aromatic rings. The number of aromatic nitrogens is 5. The van der Waals surface area contributed by atoms with Crippen molar-refractivity contribution in [3.8, 4) is 28.7 Å². The average Bonchev–Trinajstić information content (AvgIpc) is 3.35. The van der Waals surface area contributed by atoms with Crippen LogP contribution >= 0.6 is 0 Å². The van der Waals surface area contributed by atoms with Gasteiger partial charge in [0.1, 0.15) is 11.4 Å². The number of carboxylic acids is 1. The van der Waals surface area contributed by atoms with Gasteiger partial charge in [-0.05, 0) is 48.9 Å². The van der Waals surface area contributed by atoms with Gasteiger partial charge in [-0.25, -0.2) is 9.78 Å². The normalized spacial score (nSPS) is 11.5. The summed E-state index contributed by atoms with van der Waals surface area (Å²) in [5.41, 5.74) is 2.34. The first-order valence-electron chi connectivity index (χ1n) is 9.11. The second-order valence-corrected chi connectivity index (χ2v) is 6.68. The number of pyridine rings is 1. The number of rotatable bonds is 6. The number of aromatic carboxylic acids is 1. The van der Waals surface area contributed by atoms with E-state index in [-0.39, 0.29) is 23.2 Å². The van der Waals surface area contributed by atoms with Gasteiger partial charge >= 0.3 is 12.3 Å². The van der Waals surface area contributed by atoms with Crippen LogP contribution in [0.4, 0.5) is 13.2 Å². The predicted octanol–water partition coefficient (Wildman–Crippen LogP) is 3.95. The fourth-order valence-corrected chi connectivity index (χ4v) is 2.84. The number of aryl methyl sites for hydroxylation is 1. The molecule has 0 aliphatic rings. The molecular formula is C20H14F3N5O4. The van der Waals surface area contributed by atoms with Crippen LogP contribution in [0.15, 0.2) is 53.2 Å². The molecule has 0 aliphatic heterocycles. The number of ether oxygens (including phenoxy) is 1. The van der Waals surface area contributed by atoms with Crippen molar-refractivity contribution in [3.63, 3.8) is 0 Å². The van der Waals surface area contributed by atoms with Crippen molar-refractivity contribution in [2.75, 3.05) is 0 Å². The Balaban J connectivity index is 1.50. The first kappa shape index (κ1) is 21.0. The first-order valence-corrected chi connectivity index (χ1v) is 9.11. The first-order chi connectivity index (χ1) is 15.2. The SMILES string of the molecule is Cc1cc(-c2nc(-c3ccc(OC(F)(F)F)cc3)no2)nn1Cc1ccc(C(=O)O)nc1. The number of hydrogen-bond donors (Lipinski definition) is 1. The van der Waals surface area contributed by atoms with Crippen molar-refractivity contribution in [3.05, 3.63) is 65.6 Å². The summed E-state index contributed by atoms with van der Waals surface area (Å²) in [7, 11) is 0. The quantitative estimate of drug-likeness (QED) is 0.474. The lowest BCUT2D eigenvalue weighted by molar-refractivity contribution is -0.274. The van der Waals surface area contributed by atoms with E-state index in [2.05, 4.69) is 25.0 Å². The van der Waals surface area contributed by atoms with E-state index in [1.165, 1.54) is 24.4 Å². The summed E-state index contributed by atoms with van der Waals surface area (Å²) in [6, 6.07) is 9.86. The van der Waals surface area contributed by atoms with Crippen molar-refractivity contribution in [2.45, 2.75) is 19.8 Å². The van der Waals surface area contributed by atoms with Gasteiger partial charge in [0.15, 0.2) is 5.69 Å². The molecule has 0 unspecified atom stereocenters. The fraction of sp³-hybridized carbons (Fsp3) is 0.150. The zero-order valence-corrected chi connectivity index (χ0v) is 16.4. The zero-order chi connectivity index (χ0) is 22.9. The molecular weight excluding hydrogens is 431 g/mol. The molecule has 9 nitrogen and oxygen atoms in total. The molecule has 1 N–H and O–H groups in total. The van der Waals surface area contributed by atoms with Gasteiger partial charge in [-0.3, -0.25) is 4.68 Å². The third-order valence-electron chi connectivity index (χ3n) is 4.35. The minimum atomic E-state index is -4.77. The summed E-state index contributed by atoms with van der Waals surface area (Å²) in [4.78, 5) is 19.0. The standard InChI is InChI=1S/C20H14F3N5O4/c1-11-8-16(26-28(11)10-12-2-7-15(19(29)30)24-9-12)18-25-17(27-32-18)13-3-5-14(6-4-13)31-20(21,22)23/h2-9H,10H2,1H3,(H,29,30). The van der Waals surface area contributed by atoms with Crippen LogP contribution in [-0.4, -0.2) is 42.3 Å². The smallest absolute Gasteiger partial charge is 0.477 e. The number of carbonyl (C=O) groups is 1. The molecule has 1 aromatic carbocycles. The Bertz CT molecular complexity index is 1250. The van der Waals surface area contributed by atoms with Gasteiger partial charge in [-0.15, -0.1) is 13.2 Å². The third-order valence-corrected chi connectivity index (χ3v) is 4.35. The Morgan fingerprint density at radius 3 is 2.56 bits per heavy atom. The highest BCUT2D eigenvalue weighted by atomic mass is 19.4. The molecule has 3 aromatic heterocycles. The van der Waals surface area contributed by atoms with Crippen LogP contribution in [0.5, 0.6) is 5.75 Å². The maximum Gasteiger partial charge on any atom is 0.573 e. The molecule has 0 radical (unpaired) electrons. The van der Waals surface area contributed by atoms with Crippen LogP contribution in [0, 0.1) is 6.92 Å². The number of alkyl halides is 3. The number of halogens is 3. The van der Waals surface area contributed by atoms with Crippen LogP contribution in [0.3, 0.4) is 0 Å². The average molecular weight is 445 g/mol. The number of nitrogens with zero attached hydrogens (tertiary/aromatic N) is 5.